The lowest BCUT2D eigenvalue weighted by Gasteiger charge is -2.33. The van der Waals surface area contributed by atoms with E-state index in [1.165, 1.54) is 33.4 Å². The normalized spacial score (nSPS) is 23.3. The average molecular weight is 567 g/mol. The predicted octanol–water partition coefficient (Wildman–Crippen LogP) is 12.2. The molecule has 2 N–H and O–H groups in total. The highest BCUT2D eigenvalue weighted by molar-refractivity contribution is 5.43. The third-order valence-corrected chi connectivity index (χ3v) is 8.40. The van der Waals surface area contributed by atoms with Crippen molar-refractivity contribution < 1.29 is 10.2 Å². The van der Waals surface area contributed by atoms with Crippen molar-refractivity contribution in [1.29, 1.82) is 0 Å². The summed E-state index contributed by atoms with van der Waals surface area (Å²) >= 11 is 0. The zero-order valence-corrected chi connectivity index (χ0v) is 27.8. The molecule has 0 saturated carbocycles. The van der Waals surface area contributed by atoms with Gasteiger partial charge in [0.1, 0.15) is 0 Å². The number of aliphatic hydroxyl groups is 2. The molecule has 2 heteroatoms. The van der Waals surface area contributed by atoms with Crippen molar-refractivity contribution in [2.24, 2.45) is 10.8 Å². The first-order valence-electron chi connectivity index (χ1n) is 15.2. The number of hydrogen-bond donors (Lipinski definition) is 2. The second kappa shape index (κ2) is 15.6. The van der Waals surface area contributed by atoms with Crippen LogP contribution in [0.25, 0.3) is 0 Å². The molecule has 2 aliphatic carbocycles. The zero-order chi connectivity index (χ0) is 31.5. The van der Waals surface area contributed by atoms with E-state index in [0.29, 0.717) is 11.5 Å². The number of allylic oxidation sites excluding steroid dienone is 24. The highest BCUT2D eigenvalue weighted by Crippen LogP contribution is 2.43. The summed E-state index contributed by atoms with van der Waals surface area (Å²) in [6, 6.07) is 0. The van der Waals surface area contributed by atoms with Crippen LogP contribution in [0.3, 0.4) is 0 Å². The summed E-state index contributed by atoms with van der Waals surface area (Å²) in [4.78, 5) is 0. The van der Waals surface area contributed by atoms with Crippen molar-refractivity contribution in [3.63, 3.8) is 0 Å². The minimum atomic E-state index is 0.0822. The van der Waals surface area contributed by atoms with E-state index in [1.54, 1.807) is 0 Å². The van der Waals surface area contributed by atoms with E-state index >= 15 is 0 Å². The summed E-state index contributed by atoms with van der Waals surface area (Å²) in [7, 11) is 0. The fourth-order valence-corrected chi connectivity index (χ4v) is 5.30. The van der Waals surface area contributed by atoms with Crippen LogP contribution in [0.15, 0.2) is 141 Å². The standard InChI is InChI=1S/C40H54O2/c1-29(17-13-19-31(3)21-23-35-33(5)37(41)25-27-39(35,7)8)15-11-12-16-30(2)18-14-20-32(4)22-24-36-34(6)38(42)26-28-40(36,9)10/h11-24,41-42H,25-28H2,1-10H3/b15-11+,16-12+,19-13+,20-14+,29-17+,30-18+,31-21+,32-22+,35-23-,36-24+. The summed E-state index contributed by atoms with van der Waals surface area (Å²) in [5, 5.41) is 20.4. The third kappa shape index (κ3) is 10.7. The van der Waals surface area contributed by atoms with Crippen molar-refractivity contribution in [2.45, 2.75) is 94.9 Å². The van der Waals surface area contributed by atoms with Crippen molar-refractivity contribution >= 4 is 0 Å². The Balaban J connectivity index is 1.94. The summed E-state index contributed by atoms with van der Waals surface area (Å²) in [5.74, 6) is 1.05. The third-order valence-electron chi connectivity index (χ3n) is 8.40. The molecule has 0 fully saturated rings. The van der Waals surface area contributed by atoms with Crippen LogP contribution in [0.4, 0.5) is 0 Å². The zero-order valence-electron chi connectivity index (χ0n) is 27.8. The van der Waals surface area contributed by atoms with Gasteiger partial charge in [0.15, 0.2) is 0 Å². The van der Waals surface area contributed by atoms with Crippen LogP contribution in [0.5, 0.6) is 0 Å². The molecule has 0 spiro atoms. The van der Waals surface area contributed by atoms with Gasteiger partial charge in [-0.25, -0.2) is 0 Å². The molecule has 42 heavy (non-hydrogen) atoms. The van der Waals surface area contributed by atoms with E-state index in [-0.39, 0.29) is 10.8 Å². The second-order valence-electron chi connectivity index (χ2n) is 13.2. The molecule has 0 unspecified atom stereocenters. The molecular formula is C40H54O2. The fraction of sp³-hybridized carbons (Fsp3) is 0.400. The van der Waals surface area contributed by atoms with Crippen molar-refractivity contribution in [3.05, 3.63) is 141 Å². The smallest absolute Gasteiger partial charge is 0.0954 e. The highest BCUT2D eigenvalue weighted by Gasteiger charge is 2.30. The SMILES string of the molecule is CC1=C(O)CCC(C)(C)/C1=C/C=C(C)/C=C/C=C(C)/C=C/C=C/C(C)=C/C=C/C(C)=C/C=C1/C(C)=C(O)CCC1(C)C. The van der Waals surface area contributed by atoms with Gasteiger partial charge in [-0.2, -0.15) is 0 Å². The van der Waals surface area contributed by atoms with Gasteiger partial charge >= 0.3 is 0 Å². The largest absolute Gasteiger partial charge is 0.512 e. The first-order valence-corrected chi connectivity index (χ1v) is 15.2. The Hall–Kier alpha value is -3.52. The monoisotopic (exact) mass is 566 g/mol. The van der Waals surface area contributed by atoms with Crippen LogP contribution in [0.2, 0.25) is 0 Å². The van der Waals surface area contributed by atoms with Gasteiger partial charge < -0.3 is 10.2 Å². The molecule has 0 aromatic carbocycles. The lowest BCUT2D eigenvalue weighted by molar-refractivity contribution is 0.309. The molecule has 0 bridgehead atoms. The van der Waals surface area contributed by atoms with Crippen molar-refractivity contribution in [2.75, 3.05) is 0 Å². The summed E-state index contributed by atoms with van der Waals surface area (Å²) in [6.45, 7) is 21.4. The number of rotatable bonds is 9. The van der Waals surface area contributed by atoms with Gasteiger partial charge in [-0.15, -0.1) is 0 Å². The molecule has 2 aliphatic rings. The highest BCUT2D eigenvalue weighted by atomic mass is 16.3. The quantitative estimate of drug-likeness (QED) is 0.272. The molecular weight excluding hydrogens is 512 g/mol. The molecule has 0 heterocycles. The Kier molecular flexibility index (Phi) is 12.9. The predicted molar refractivity (Wildman–Crippen MR) is 184 cm³/mol. The van der Waals surface area contributed by atoms with E-state index in [4.69, 9.17) is 0 Å². The van der Waals surface area contributed by atoms with Crippen LogP contribution >= 0.6 is 0 Å². The van der Waals surface area contributed by atoms with Crippen molar-refractivity contribution in [3.8, 4) is 0 Å². The second-order valence-corrected chi connectivity index (χ2v) is 13.2. The molecule has 0 aromatic rings. The maximum absolute atomic E-state index is 10.2. The van der Waals surface area contributed by atoms with Gasteiger partial charge in [-0.1, -0.05) is 135 Å². The van der Waals surface area contributed by atoms with Gasteiger partial charge in [-0.3, -0.25) is 0 Å². The minimum absolute atomic E-state index is 0.0822. The Morgan fingerprint density at radius 3 is 1.19 bits per heavy atom. The number of hydrogen-bond acceptors (Lipinski definition) is 2. The molecule has 0 aliphatic heterocycles. The topological polar surface area (TPSA) is 40.5 Å². The van der Waals surface area contributed by atoms with Gasteiger partial charge in [0, 0.05) is 12.8 Å². The van der Waals surface area contributed by atoms with E-state index in [2.05, 4.69) is 140 Å². The van der Waals surface area contributed by atoms with Gasteiger partial charge in [-0.05, 0) is 87.5 Å². The maximum Gasteiger partial charge on any atom is 0.0954 e. The van der Waals surface area contributed by atoms with Crippen LogP contribution in [0, 0.1) is 10.8 Å². The molecule has 0 atom stereocenters. The first-order chi connectivity index (χ1) is 19.6. The average Bonchev–Trinajstić information content (AvgIpc) is 2.91. The van der Waals surface area contributed by atoms with E-state index in [0.717, 1.165) is 36.8 Å². The molecule has 226 valence electrons. The molecule has 0 radical (unpaired) electrons. The molecule has 0 saturated heterocycles. The maximum atomic E-state index is 10.2. The van der Waals surface area contributed by atoms with Crippen LogP contribution < -0.4 is 0 Å². The van der Waals surface area contributed by atoms with Crippen LogP contribution in [0.1, 0.15) is 94.9 Å². The van der Waals surface area contributed by atoms with Crippen molar-refractivity contribution in [1.82, 2.24) is 0 Å². The van der Waals surface area contributed by atoms with Crippen LogP contribution in [-0.4, -0.2) is 10.2 Å². The summed E-state index contributed by atoms with van der Waals surface area (Å²) < 4.78 is 0. The molecule has 0 aromatic heterocycles. The Labute approximate surface area is 256 Å². The van der Waals surface area contributed by atoms with E-state index < -0.39 is 0 Å². The number of aliphatic hydroxyl groups excluding tert-OH is 2. The van der Waals surface area contributed by atoms with Gasteiger partial charge in [0.25, 0.3) is 0 Å². The lowest BCUT2D eigenvalue weighted by atomic mass is 9.72. The molecule has 2 nitrogen and oxygen atoms in total. The van der Waals surface area contributed by atoms with E-state index in [9.17, 15) is 10.2 Å². The van der Waals surface area contributed by atoms with Gasteiger partial charge in [0.05, 0.1) is 11.5 Å². The Bertz CT molecular complexity index is 1260. The molecule has 0 amide bonds. The fourth-order valence-electron chi connectivity index (χ4n) is 5.30. The molecule has 2 rings (SSSR count). The lowest BCUT2D eigenvalue weighted by Crippen LogP contribution is -2.21. The summed E-state index contributed by atoms with van der Waals surface area (Å²) in [5.41, 5.74) is 9.33. The summed E-state index contributed by atoms with van der Waals surface area (Å²) in [6.07, 6.45) is 33.0. The van der Waals surface area contributed by atoms with Gasteiger partial charge in [0.2, 0.25) is 0 Å². The van der Waals surface area contributed by atoms with Crippen LogP contribution in [-0.2, 0) is 0 Å². The first kappa shape index (κ1) is 34.7. The minimum Gasteiger partial charge on any atom is -0.512 e. The van der Waals surface area contributed by atoms with E-state index in [1.807, 2.05) is 13.8 Å². The Morgan fingerprint density at radius 2 is 0.833 bits per heavy atom. The Morgan fingerprint density at radius 1 is 0.524 bits per heavy atom.